The summed E-state index contributed by atoms with van der Waals surface area (Å²) in [5.41, 5.74) is 0.224. The highest BCUT2D eigenvalue weighted by Crippen LogP contribution is 2.08. The highest BCUT2D eigenvalue weighted by atomic mass is 19.1. The molecule has 1 aromatic rings. The number of halogens is 2. The lowest BCUT2D eigenvalue weighted by atomic mass is 10.1. The van der Waals surface area contributed by atoms with Crippen molar-refractivity contribution in [2.24, 2.45) is 0 Å². The number of carbonyl (C=O) groups excluding carboxylic acids is 1. The summed E-state index contributed by atoms with van der Waals surface area (Å²) < 4.78 is 24.9. The number of hydrogen-bond acceptors (Lipinski definition) is 1. The molecule has 1 nitrogen and oxygen atoms in total. The fourth-order valence-corrected chi connectivity index (χ4v) is 0.777. The molecule has 0 fully saturated rings. The average molecular weight is 156 g/mol. The van der Waals surface area contributed by atoms with E-state index in [1.165, 1.54) is 6.07 Å². The van der Waals surface area contributed by atoms with Gasteiger partial charge < -0.3 is 4.79 Å². The zero-order valence-electron chi connectivity index (χ0n) is 5.68. The molecule has 0 aliphatic carbocycles. The van der Waals surface area contributed by atoms with Crippen LogP contribution in [0.4, 0.5) is 8.78 Å². The maximum Gasteiger partial charge on any atom is 0.129 e. The third-order valence-electron chi connectivity index (χ3n) is 1.32. The van der Waals surface area contributed by atoms with E-state index >= 15 is 0 Å². The van der Waals surface area contributed by atoms with E-state index in [0.29, 0.717) is 6.29 Å². The predicted molar refractivity (Wildman–Crippen MR) is 36.1 cm³/mol. The van der Waals surface area contributed by atoms with Crippen LogP contribution in [0.3, 0.4) is 0 Å². The highest BCUT2D eigenvalue weighted by Gasteiger charge is 2.01. The first-order valence-corrected chi connectivity index (χ1v) is 3.11. The Hall–Kier alpha value is -1.25. The van der Waals surface area contributed by atoms with Crippen LogP contribution < -0.4 is 0 Å². The molecule has 0 unspecified atom stereocenters. The molecule has 0 heterocycles. The van der Waals surface area contributed by atoms with E-state index in [-0.39, 0.29) is 12.0 Å². The maximum absolute atomic E-state index is 12.6. The van der Waals surface area contributed by atoms with Crippen molar-refractivity contribution < 1.29 is 13.6 Å². The lowest BCUT2D eigenvalue weighted by Gasteiger charge is -1.96. The van der Waals surface area contributed by atoms with Crippen LogP contribution >= 0.6 is 0 Å². The van der Waals surface area contributed by atoms with Crippen LogP contribution in [-0.2, 0) is 11.2 Å². The van der Waals surface area contributed by atoms with Gasteiger partial charge in [0.2, 0.25) is 0 Å². The van der Waals surface area contributed by atoms with Gasteiger partial charge in [-0.2, -0.15) is 0 Å². The number of carbonyl (C=O) groups is 1. The summed E-state index contributed by atoms with van der Waals surface area (Å²) in [7, 11) is 0. The third-order valence-corrected chi connectivity index (χ3v) is 1.32. The smallest absolute Gasteiger partial charge is 0.129 e. The summed E-state index contributed by atoms with van der Waals surface area (Å²) in [5, 5.41) is 0. The molecule has 1 rings (SSSR count). The Morgan fingerprint density at radius 2 is 2.09 bits per heavy atom. The third kappa shape index (κ3) is 1.83. The number of benzene rings is 1. The fourth-order valence-electron chi connectivity index (χ4n) is 0.777. The van der Waals surface area contributed by atoms with Gasteiger partial charge >= 0.3 is 0 Å². The number of hydrogen-bond donors (Lipinski definition) is 0. The molecule has 0 aliphatic rings. The Labute approximate surface area is 62.7 Å². The molecule has 1 aromatic carbocycles. The van der Waals surface area contributed by atoms with Gasteiger partial charge in [-0.25, -0.2) is 8.78 Å². The van der Waals surface area contributed by atoms with E-state index in [9.17, 15) is 13.6 Å². The Bertz CT molecular complexity index is 271. The molecule has 0 saturated carbocycles. The molecule has 0 N–H and O–H groups in total. The molecular weight excluding hydrogens is 150 g/mol. The normalized spacial score (nSPS) is 9.64. The largest absolute Gasteiger partial charge is 0.303 e. The molecule has 0 aliphatic heterocycles. The predicted octanol–water partition coefficient (Wildman–Crippen LogP) is 1.71. The van der Waals surface area contributed by atoms with E-state index in [2.05, 4.69) is 0 Å². The second-order valence-corrected chi connectivity index (χ2v) is 2.11. The molecule has 0 amide bonds. The van der Waals surface area contributed by atoms with E-state index in [1.54, 1.807) is 0 Å². The molecule has 0 saturated heterocycles. The summed E-state index contributed by atoms with van der Waals surface area (Å²) in [4.78, 5) is 9.95. The van der Waals surface area contributed by atoms with Crippen molar-refractivity contribution in [1.29, 1.82) is 0 Å². The van der Waals surface area contributed by atoms with E-state index in [0.717, 1.165) is 12.1 Å². The van der Waals surface area contributed by atoms with Crippen LogP contribution in [0.2, 0.25) is 0 Å². The summed E-state index contributed by atoms with van der Waals surface area (Å²) in [6.07, 6.45) is 0.572. The first-order chi connectivity index (χ1) is 5.24. The minimum absolute atomic E-state index is 0.00782. The van der Waals surface area contributed by atoms with Gasteiger partial charge in [0.25, 0.3) is 0 Å². The lowest BCUT2D eigenvalue weighted by molar-refractivity contribution is -0.107. The molecule has 0 bridgehead atoms. The Morgan fingerprint density at radius 1 is 1.36 bits per heavy atom. The van der Waals surface area contributed by atoms with Gasteiger partial charge in [-0.1, -0.05) is 6.07 Å². The van der Waals surface area contributed by atoms with Crippen LogP contribution in [0.15, 0.2) is 18.2 Å². The van der Waals surface area contributed by atoms with Crippen molar-refractivity contribution >= 4 is 6.29 Å². The molecule has 0 radical (unpaired) electrons. The molecule has 3 heteroatoms. The average Bonchev–Trinajstić information content (AvgIpc) is 1.95. The molecule has 0 aromatic heterocycles. The maximum atomic E-state index is 12.6. The summed E-state index contributed by atoms with van der Waals surface area (Å²) >= 11 is 0. The van der Waals surface area contributed by atoms with Gasteiger partial charge in [-0.15, -0.1) is 0 Å². The summed E-state index contributed by atoms with van der Waals surface area (Å²) in [6.45, 7) is 0. The quantitative estimate of drug-likeness (QED) is 0.595. The standard InChI is InChI=1S/C8H6F2O/c9-7-2-1-6(3-4-11)8(10)5-7/h1-2,4-5H,3H2. The Balaban J connectivity index is 2.98. The number of aldehydes is 1. The van der Waals surface area contributed by atoms with E-state index < -0.39 is 11.6 Å². The Morgan fingerprint density at radius 3 is 2.64 bits per heavy atom. The van der Waals surface area contributed by atoms with Crippen LogP contribution in [0.25, 0.3) is 0 Å². The molecular formula is C8H6F2O. The second-order valence-electron chi connectivity index (χ2n) is 2.11. The minimum Gasteiger partial charge on any atom is -0.303 e. The Kier molecular flexibility index (Phi) is 2.31. The fraction of sp³-hybridized carbons (Fsp3) is 0.125. The van der Waals surface area contributed by atoms with Gasteiger partial charge in [0.15, 0.2) is 0 Å². The van der Waals surface area contributed by atoms with Crippen LogP contribution in [-0.4, -0.2) is 6.29 Å². The molecule has 58 valence electrons. The van der Waals surface area contributed by atoms with Gasteiger partial charge in [0.05, 0.1) is 0 Å². The van der Waals surface area contributed by atoms with Gasteiger partial charge in [0, 0.05) is 12.5 Å². The van der Waals surface area contributed by atoms with Gasteiger partial charge in [0.1, 0.15) is 17.9 Å². The SMILES string of the molecule is O=CCc1ccc(F)cc1F. The van der Waals surface area contributed by atoms with Crippen molar-refractivity contribution in [1.82, 2.24) is 0 Å². The second kappa shape index (κ2) is 3.23. The summed E-state index contributed by atoms with van der Waals surface area (Å²) in [5.74, 6) is -1.30. The van der Waals surface area contributed by atoms with Crippen LogP contribution in [0.5, 0.6) is 0 Å². The van der Waals surface area contributed by atoms with Crippen molar-refractivity contribution in [2.45, 2.75) is 6.42 Å². The topological polar surface area (TPSA) is 17.1 Å². The van der Waals surface area contributed by atoms with Crippen molar-refractivity contribution in [2.75, 3.05) is 0 Å². The first kappa shape index (κ1) is 7.85. The van der Waals surface area contributed by atoms with Crippen LogP contribution in [0, 0.1) is 11.6 Å². The van der Waals surface area contributed by atoms with Crippen molar-refractivity contribution in [3.05, 3.63) is 35.4 Å². The van der Waals surface area contributed by atoms with Crippen molar-refractivity contribution in [3.63, 3.8) is 0 Å². The zero-order chi connectivity index (χ0) is 8.27. The molecule has 0 atom stereocenters. The lowest BCUT2D eigenvalue weighted by Crippen LogP contribution is -1.91. The first-order valence-electron chi connectivity index (χ1n) is 3.11. The van der Waals surface area contributed by atoms with Gasteiger partial charge in [-0.3, -0.25) is 0 Å². The van der Waals surface area contributed by atoms with Gasteiger partial charge in [-0.05, 0) is 11.6 Å². The zero-order valence-corrected chi connectivity index (χ0v) is 5.68. The molecule has 0 spiro atoms. The molecule has 11 heavy (non-hydrogen) atoms. The van der Waals surface area contributed by atoms with Crippen LogP contribution in [0.1, 0.15) is 5.56 Å². The number of rotatable bonds is 2. The monoisotopic (exact) mass is 156 g/mol. The van der Waals surface area contributed by atoms with Crippen molar-refractivity contribution in [3.8, 4) is 0 Å². The minimum atomic E-state index is -0.669. The highest BCUT2D eigenvalue weighted by molar-refractivity contribution is 5.54. The van der Waals surface area contributed by atoms with E-state index in [1.807, 2.05) is 0 Å². The van der Waals surface area contributed by atoms with E-state index in [4.69, 9.17) is 0 Å². The summed E-state index contributed by atoms with van der Waals surface area (Å²) in [6, 6.07) is 3.15.